The third-order valence-corrected chi connectivity index (χ3v) is 7.46. The summed E-state index contributed by atoms with van der Waals surface area (Å²) in [6.45, 7) is 6.01. The average molecular weight is 444 g/mol. The SMILES string of the molecule is CC1=NC2=C(C(N)N1c1ccc(S(C)(=O)=O)cc1)N(c1c(C)cccc1C)C(N)S2. The van der Waals surface area contributed by atoms with Gasteiger partial charge in [-0.2, -0.15) is 0 Å². The summed E-state index contributed by atoms with van der Waals surface area (Å²) in [6.07, 6.45) is 0.680. The second kappa shape index (κ2) is 7.42. The molecule has 0 saturated carbocycles. The van der Waals surface area contributed by atoms with E-state index in [-0.39, 0.29) is 10.4 Å². The molecule has 0 radical (unpaired) electrons. The van der Waals surface area contributed by atoms with Crippen molar-refractivity contribution < 1.29 is 8.42 Å². The Bertz CT molecular complexity index is 1150. The molecule has 7 nitrogen and oxygen atoms in total. The molecule has 0 amide bonds. The summed E-state index contributed by atoms with van der Waals surface area (Å²) >= 11 is 1.49. The van der Waals surface area contributed by atoms with E-state index < -0.39 is 16.0 Å². The molecule has 30 heavy (non-hydrogen) atoms. The molecule has 0 aliphatic carbocycles. The summed E-state index contributed by atoms with van der Waals surface area (Å²) in [4.78, 5) is 9.02. The van der Waals surface area contributed by atoms with Gasteiger partial charge in [0.05, 0.1) is 10.6 Å². The maximum Gasteiger partial charge on any atom is 0.175 e. The summed E-state index contributed by atoms with van der Waals surface area (Å²) in [7, 11) is -3.27. The minimum atomic E-state index is -3.27. The summed E-state index contributed by atoms with van der Waals surface area (Å²) in [5, 5.41) is 0.819. The summed E-state index contributed by atoms with van der Waals surface area (Å²) in [6, 6.07) is 12.8. The number of para-hydroxylation sites is 1. The van der Waals surface area contributed by atoms with Crippen LogP contribution >= 0.6 is 11.8 Å². The normalized spacial score (nSPS) is 21.7. The molecule has 4 rings (SSSR count). The van der Waals surface area contributed by atoms with Crippen LogP contribution in [0.2, 0.25) is 0 Å². The first-order valence-electron chi connectivity index (χ1n) is 9.51. The lowest BCUT2D eigenvalue weighted by Crippen LogP contribution is -2.53. The molecule has 0 spiro atoms. The van der Waals surface area contributed by atoms with Crippen molar-refractivity contribution in [3.05, 3.63) is 64.3 Å². The van der Waals surface area contributed by atoms with Crippen LogP contribution in [0.1, 0.15) is 18.1 Å². The Morgan fingerprint density at radius 2 is 1.57 bits per heavy atom. The second-order valence-corrected chi connectivity index (χ2v) is 10.7. The van der Waals surface area contributed by atoms with Crippen molar-refractivity contribution >= 4 is 38.8 Å². The number of rotatable bonds is 3. The maximum atomic E-state index is 11.8. The molecule has 2 aromatic rings. The van der Waals surface area contributed by atoms with E-state index in [4.69, 9.17) is 16.5 Å². The number of nitrogens with zero attached hydrogens (tertiary/aromatic N) is 3. The van der Waals surface area contributed by atoms with Crippen LogP contribution in [-0.2, 0) is 9.84 Å². The van der Waals surface area contributed by atoms with Gasteiger partial charge in [0.1, 0.15) is 22.5 Å². The Hall–Kier alpha value is -2.33. The smallest absolute Gasteiger partial charge is 0.175 e. The molecule has 2 aromatic carbocycles. The Morgan fingerprint density at radius 1 is 0.967 bits per heavy atom. The minimum Gasteiger partial charge on any atom is -0.314 e. The number of hydrogen-bond acceptors (Lipinski definition) is 8. The highest BCUT2D eigenvalue weighted by atomic mass is 32.2. The maximum absolute atomic E-state index is 11.8. The standard InChI is InChI=1S/C21H25N5O2S2/c1-12-6-5-7-13(2)17(12)26-18-19(22)25(14(3)24-20(18)29-21(26)23)15-8-10-16(11-9-15)30(4,27)28/h5-11,19,21H,22-23H2,1-4H3. The van der Waals surface area contributed by atoms with E-state index in [1.54, 1.807) is 24.3 Å². The van der Waals surface area contributed by atoms with Gasteiger partial charge in [-0.1, -0.05) is 30.0 Å². The van der Waals surface area contributed by atoms with Crippen LogP contribution in [-0.4, -0.2) is 32.2 Å². The molecular formula is C21H25N5O2S2. The van der Waals surface area contributed by atoms with Gasteiger partial charge in [0.2, 0.25) is 0 Å². The lowest BCUT2D eigenvalue weighted by molar-refractivity contribution is 0.602. The van der Waals surface area contributed by atoms with Crippen LogP contribution in [0.5, 0.6) is 0 Å². The van der Waals surface area contributed by atoms with Gasteiger partial charge >= 0.3 is 0 Å². The number of benzene rings is 2. The van der Waals surface area contributed by atoms with Crippen LogP contribution in [0.15, 0.2) is 63.1 Å². The van der Waals surface area contributed by atoms with E-state index in [0.29, 0.717) is 0 Å². The summed E-state index contributed by atoms with van der Waals surface area (Å²) in [5.74, 6) is 0.733. The van der Waals surface area contributed by atoms with E-state index in [1.165, 1.54) is 18.0 Å². The number of aryl methyl sites for hydroxylation is 2. The zero-order valence-electron chi connectivity index (χ0n) is 17.3. The largest absolute Gasteiger partial charge is 0.314 e. The van der Waals surface area contributed by atoms with Gasteiger partial charge in [-0.05, 0) is 56.2 Å². The molecule has 0 saturated heterocycles. The fourth-order valence-corrected chi connectivity index (χ4v) is 5.69. The molecule has 9 heteroatoms. The molecule has 0 aromatic heterocycles. The van der Waals surface area contributed by atoms with E-state index in [2.05, 4.69) is 30.9 Å². The highest BCUT2D eigenvalue weighted by Gasteiger charge is 2.41. The van der Waals surface area contributed by atoms with Crippen molar-refractivity contribution in [2.24, 2.45) is 16.5 Å². The lowest BCUT2D eigenvalue weighted by Gasteiger charge is -2.38. The molecule has 2 heterocycles. The third kappa shape index (κ3) is 3.41. The van der Waals surface area contributed by atoms with Crippen LogP contribution < -0.4 is 21.3 Å². The molecule has 2 aliphatic heterocycles. The zero-order chi connectivity index (χ0) is 21.8. The van der Waals surface area contributed by atoms with Gasteiger partial charge < -0.3 is 21.3 Å². The van der Waals surface area contributed by atoms with Crippen LogP contribution in [0.3, 0.4) is 0 Å². The molecule has 2 atom stereocenters. The Morgan fingerprint density at radius 3 is 2.13 bits per heavy atom. The van der Waals surface area contributed by atoms with Gasteiger partial charge in [-0.3, -0.25) is 0 Å². The summed E-state index contributed by atoms with van der Waals surface area (Å²) < 4.78 is 23.6. The van der Waals surface area contributed by atoms with E-state index >= 15 is 0 Å². The highest BCUT2D eigenvalue weighted by molar-refractivity contribution is 8.04. The quantitative estimate of drug-likeness (QED) is 0.751. The number of amidine groups is 1. The Kier molecular flexibility index (Phi) is 5.17. The zero-order valence-corrected chi connectivity index (χ0v) is 19.0. The van der Waals surface area contributed by atoms with Gasteiger partial charge in [0, 0.05) is 17.6 Å². The number of aliphatic imine (C=N–C) groups is 1. The fourth-order valence-electron chi connectivity index (χ4n) is 3.98. The van der Waals surface area contributed by atoms with Gasteiger partial charge in [0.25, 0.3) is 0 Å². The predicted octanol–water partition coefficient (Wildman–Crippen LogP) is 2.89. The highest BCUT2D eigenvalue weighted by Crippen LogP contribution is 2.45. The molecule has 0 fully saturated rings. The van der Waals surface area contributed by atoms with Crippen molar-refractivity contribution in [1.29, 1.82) is 0 Å². The monoisotopic (exact) mass is 443 g/mol. The van der Waals surface area contributed by atoms with Gasteiger partial charge in [0.15, 0.2) is 9.84 Å². The number of sulfone groups is 1. The third-order valence-electron chi connectivity index (χ3n) is 5.36. The first-order valence-corrected chi connectivity index (χ1v) is 12.3. The van der Waals surface area contributed by atoms with E-state index in [0.717, 1.165) is 39.1 Å². The van der Waals surface area contributed by atoms with Crippen LogP contribution in [0, 0.1) is 13.8 Å². The van der Waals surface area contributed by atoms with Crippen molar-refractivity contribution in [2.75, 3.05) is 16.1 Å². The molecule has 4 N–H and O–H groups in total. The lowest BCUT2D eigenvalue weighted by atomic mass is 10.1. The summed E-state index contributed by atoms with van der Waals surface area (Å²) in [5.41, 5.74) is 17.8. The first-order chi connectivity index (χ1) is 14.1. The topological polar surface area (TPSA) is 105 Å². The number of thioether (sulfide) groups is 1. The second-order valence-electron chi connectivity index (χ2n) is 7.55. The Balaban J connectivity index is 1.77. The van der Waals surface area contributed by atoms with Gasteiger partial charge in [-0.15, -0.1) is 0 Å². The molecule has 2 aliphatic rings. The Labute approximate surface area is 181 Å². The van der Waals surface area contributed by atoms with Crippen LogP contribution in [0.4, 0.5) is 11.4 Å². The van der Waals surface area contributed by atoms with E-state index in [9.17, 15) is 8.42 Å². The number of hydrogen-bond donors (Lipinski definition) is 2. The number of anilines is 2. The van der Waals surface area contributed by atoms with Gasteiger partial charge in [-0.25, -0.2) is 13.4 Å². The molecular weight excluding hydrogens is 418 g/mol. The number of nitrogens with two attached hydrogens (primary N) is 2. The average Bonchev–Trinajstić information content (AvgIpc) is 2.97. The van der Waals surface area contributed by atoms with Crippen molar-refractivity contribution in [2.45, 2.75) is 37.3 Å². The minimum absolute atomic E-state index is 0.266. The molecule has 158 valence electrons. The molecule has 0 bridgehead atoms. The first kappa shape index (κ1) is 20.9. The van der Waals surface area contributed by atoms with Crippen LogP contribution in [0.25, 0.3) is 0 Å². The van der Waals surface area contributed by atoms with Crippen molar-refractivity contribution in [1.82, 2.24) is 0 Å². The molecule has 2 unspecified atom stereocenters. The predicted molar refractivity (Wildman–Crippen MR) is 124 cm³/mol. The van der Waals surface area contributed by atoms with E-state index in [1.807, 2.05) is 17.9 Å². The van der Waals surface area contributed by atoms with Crippen molar-refractivity contribution in [3.63, 3.8) is 0 Å². The van der Waals surface area contributed by atoms with Crippen molar-refractivity contribution in [3.8, 4) is 0 Å². The fraction of sp³-hybridized carbons (Fsp3) is 0.286.